The topological polar surface area (TPSA) is 29.5 Å². The largest absolute Gasteiger partial charge is 0.493 e. The van der Waals surface area contributed by atoms with Gasteiger partial charge in [0.15, 0.2) is 0 Å². The average molecular weight is 290 g/mol. The van der Waals surface area contributed by atoms with Crippen LogP contribution in [0.2, 0.25) is 0 Å². The van der Waals surface area contributed by atoms with Crippen molar-refractivity contribution in [2.75, 3.05) is 6.61 Å². The number of halogens is 2. The molecule has 2 nitrogen and oxygen atoms in total. The van der Waals surface area contributed by atoms with E-state index in [0.29, 0.717) is 13.0 Å². The molecule has 1 aliphatic heterocycles. The van der Waals surface area contributed by atoms with Crippen molar-refractivity contribution in [2.45, 2.75) is 24.9 Å². The first kappa shape index (κ1) is 14.0. The van der Waals surface area contributed by atoms with Gasteiger partial charge in [-0.15, -0.1) is 0 Å². The van der Waals surface area contributed by atoms with Gasteiger partial charge < -0.3 is 9.84 Å². The molecule has 0 fully saturated rings. The summed E-state index contributed by atoms with van der Waals surface area (Å²) in [6.45, 7) is 0.589. The monoisotopic (exact) mass is 290 g/mol. The lowest BCUT2D eigenvalue weighted by molar-refractivity contribution is 0.144. The molecular weight excluding hydrogens is 274 g/mol. The molecule has 0 radical (unpaired) electrons. The van der Waals surface area contributed by atoms with E-state index in [9.17, 15) is 13.9 Å². The predicted molar refractivity (Wildman–Crippen MR) is 75.2 cm³/mol. The van der Waals surface area contributed by atoms with Crippen LogP contribution >= 0.6 is 0 Å². The summed E-state index contributed by atoms with van der Waals surface area (Å²) in [6, 6.07) is 10.9. The molecule has 0 saturated carbocycles. The van der Waals surface area contributed by atoms with Gasteiger partial charge in [0.2, 0.25) is 0 Å². The Morgan fingerprint density at radius 1 is 1.14 bits per heavy atom. The minimum Gasteiger partial charge on any atom is -0.493 e. The van der Waals surface area contributed by atoms with Crippen LogP contribution < -0.4 is 4.74 Å². The summed E-state index contributed by atoms with van der Waals surface area (Å²) in [7, 11) is 0. The fraction of sp³-hybridized carbons (Fsp3) is 0.294. The molecule has 21 heavy (non-hydrogen) atoms. The van der Waals surface area contributed by atoms with Crippen molar-refractivity contribution in [3.8, 4) is 5.75 Å². The second kappa shape index (κ2) is 5.82. The van der Waals surface area contributed by atoms with Gasteiger partial charge in [-0.05, 0) is 48.1 Å². The Labute approximate surface area is 122 Å². The van der Waals surface area contributed by atoms with Crippen molar-refractivity contribution in [1.82, 2.24) is 0 Å². The molecule has 1 heterocycles. The summed E-state index contributed by atoms with van der Waals surface area (Å²) >= 11 is 0. The molecule has 2 unspecified atom stereocenters. The standard InChI is InChI=1S/C17H16F2O2/c18-13-7-12(8-14(19)10-13)16(20)9-11-5-6-21-17-4-2-1-3-15(11)17/h1-4,7-8,10-11,16,20H,5-6,9H2. The minimum atomic E-state index is -0.897. The van der Waals surface area contributed by atoms with Crippen LogP contribution in [0.25, 0.3) is 0 Å². The summed E-state index contributed by atoms with van der Waals surface area (Å²) in [5, 5.41) is 10.3. The van der Waals surface area contributed by atoms with Crippen LogP contribution in [-0.2, 0) is 0 Å². The maximum atomic E-state index is 13.2. The van der Waals surface area contributed by atoms with Crippen LogP contribution in [0.4, 0.5) is 8.78 Å². The second-order valence-electron chi connectivity index (χ2n) is 5.33. The SMILES string of the molecule is OC(CC1CCOc2ccccc21)c1cc(F)cc(F)c1. The first-order valence-electron chi connectivity index (χ1n) is 6.99. The van der Waals surface area contributed by atoms with Crippen molar-refractivity contribution in [2.24, 2.45) is 0 Å². The van der Waals surface area contributed by atoms with E-state index in [0.717, 1.165) is 23.8 Å². The highest BCUT2D eigenvalue weighted by atomic mass is 19.1. The zero-order valence-corrected chi connectivity index (χ0v) is 11.4. The normalized spacial score (nSPS) is 18.7. The van der Waals surface area contributed by atoms with Gasteiger partial charge in [0.05, 0.1) is 12.7 Å². The highest BCUT2D eigenvalue weighted by Crippen LogP contribution is 2.38. The van der Waals surface area contributed by atoms with Crippen LogP contribution in [0, 0.1) is 11.6 Å². The molecule has 0 aromatic heterocycles. The van der Waals surface area contributed by atoms with Gasteiger partial charge in [-0.2, -0.15) is 0 Å². The second-order valence-corrected chi connectivity index (χ2v) is 5.33. The summed E-state index contributed by atoms with van der Waals surface area (Å²) in [6.07, 6.45) is 0.307. The van der Waals surface area contributed by atoms with Gasteiger partial charge in [0.1, 0.15) is 17.4 Å². The predicted octanol–water partition coefficient (Wildman–Crippen LogP) is 3.95. The molecule has 4 heteroatoms. The Hall–Kier alpha value is -1.94. The van der Waals surface area contributed by atoms with Crippen molar-refractivity contribution in [3.63, 3.8) is 0 Å². The fourth-order valence-electron chi connectivity index (χ4n) is 2.83. The molecule has 0 spiro atoms. The summed E-state index contributed by atoms with van der Waals surface area (Å²) in [5.41, 5.74) is 1.32. The van der Waals surface area contributed by atoms with E-state index in [1.807, 2.05) is 24.3 Å². The lowest BCUT2D eigenvalue weighted by Crippen LogP contribution is -2.16. The molecule has 0 amide bonds. The van der Waals surface area contributed by atoms with Gasteiger partial charge in [0, 0.05) is 6.07 Å². The molecular formula is C17H16F2O2. The smallest absolute Gasteiger partial charge is 0.126 e. The van der Waals surface area contributed by atoms with Crippen molar-refractivity contribution >= 4 is 0 Å². The Bertz CT molecular complexity index is 622. The summed E-state index contributed by atoms with van der Waals surface area (Å²) in [4.78, 5) is 0. The van der Waals surface area contributed by atoms with E-state index in [-0.39, 0.29) is 11.5 Å². The highest BCUT2D eigenvalue weighted by molar-refractivity contribution is 5.38. The molecule has 2 aromatic rings. The zero-order valence-electron chi connectivity index (χ0n) is 11.4. The van der Waals surface area contributed by atoms with E-state index < -0.39 is 17.7 Å². The third-order valence-electron chi connectivity index (χ3n) is 3.86. The zero-order chi connectivity index (χ0) is 14.8. The Balaban J connectivity index is 1.81. The quantitative estimate of drug-likeness (QED) is 0.927. The van der Waals surface area contributed by atoms with Gasteiger partial charge in [-0.25, -0.2) is 8.78 Å². The maximum Gasteiger partial charge on any atom is 0.126 e. The summed E-state index contributed by atoms with van der Waals surface area (Å²) in [5.74, 6) is -0.393. The number of benzene rings is 2. The van der Waals surface area contributed by atoms with E-state index in [1.54, 1.807) is 0 Å². The lowest BCUT2D eigenvalue weighted by Gasteiger charge is -2.27. The first-order chi connectivity index (χ1) is 10.1. The van der Waals surface area contributed by atoms with Gasteiger partial charge in [-0.1, -0.05) is 18.2 Å². The van der Waals surface area contributed by atoms with Crippen LogP contribution in [0.15, 0.2) is 42.5 Å². The number of fused-ring (bicyclic) bond motifs is 1. The number of aliphatic hydroxyl groups excluding tert-OH is 1. The number of aliphatic hydroxyl groups is 1. The molecule has 2 aromatic carbocycles. The lowest BCUT2D eigenvalue weighted by atomic mass is 9.86. The van der Waals surface area contributed by atoms with Gasteiger partial charge in [0.25, 0.3) is 0 Å². The van der Waals surface area contributed by atoms with Crippen LogP contribution in [0.3, 0.4) is 0 Å². The van der Waals surface area contributed by atoms with E-state index in [4.69, 9.17) is 4.74 Å². The van der Waals surface area contributed by atoms with E-state index >= 15 is 0 Å². The number of rotatable bonds is 3. The molecule has 0 bridgehead atoms. The molecule has 0 saturated heterocycles. The molecule has 0 aliphatic carbocycles. The van der Waals surface area contributed by atoms with Crippen molar-refractivity contribution < 1.29 is 18.6 Å². The van der Waals surface area contributed by atoms with Crippen molar-refractivity contribution in [3.05, 3.63) is 65.2 Å². The van der Waals surface area contributed by atoms with Gasteiger partial charge >= 0.3 is 0 Å². The van der Waals surface area contributed by atoms with Crippen LogP contribution in [0.1, 0.15) is 36.0 Å². The van der Waals surface area contributed by atoms with E-state index in [2.05, 4.69) is 0 Å². The third kappa shape index (κ3) is 3.05. The van der Waals surface area contributed by atoms with Gasteiger partial charge in [-0.3, -0.25) is 0 Å². The van der Waals surface area contributed by atoms with E-state index in [1.165, 1.54) is 12.1 Å². The molecule has 1 N–H and O–H groups in total. The summed E-state index contributed by atoms with van der Waals surface area (Å²) < 4.78 is 32.0. The minimum absolute atomic E-state index is 0.122. The average Bonchev–Trinajstić information content (AvgIpc) is 2.46. The van der Waals surface area contributed by atoms with Crippen LogP contribution in [-0.4, -0.2) is 11.7 Å². The molecule has 3 rings (SSSR count). The number of para-hydroxylation sites is 1. The maximum absolute atomic E-state index is 13.2. The molecule has 2 atom stereocenters. The third-order valence-corrected chi connectivity index (χ3v) is 3.86. The molecule has 110 valence electrons. The number of hydrogen-bond donors (Lipinski definition) is 1. The first-order valence-corrected chi connectivity index (χ1v) is 6.99. The fourth-order valence-corrected chi connectivity index (χ4v) is 2.83. The number of ether oxygens (including phenoxy) is 1. The Morgan fingerprint density at radius 2 is 1.86 bits per heavy atom. The van der Waals surface area contributed by atoms with Crippen LogP contribution in [0.5, 0.6) is 5.75 Å². The molecule has 1 aliphatic rings. The Morgan fingerprint density at radius 3 is 2.62 bits per heavy atom. The Kier molecular flexibility index (Phi) is 3.88. The number of hydrogen-bond acceptors (Lipinski definition) is 2. The highest BCUT2D eigenvalue weighted by Gasteiger charge is 2.24. The van der Waals surface area contributed by atoms with Crippen molar-refractivity contribution in [1.29, 1.82) is 0 Å².